The van der Waals surface area contributed by atoms with Crippen LogP contribution in [0, 0.1) is 11.3 Å². The highest BCUT2D eigenvalue weighted by Gasteiger charge is 2.26. The van der Waals surface area contributed by atoms with Crippen molar-refractivity contribution >= 4 is 11.7 Å². The first-order valence-electron chi connectivity index (χ1n) is 9.09. The van der Waals surface area contributed by atoms with Gasteiger partial charge >= 0.3 is 0 Å². The number of rotatable bonds is 4. The standard InChI is InChI=1S/C20H21N5O/c21-12-15-3-1-14(2-4-15)11-19(26)25-9-7-17-18(8-10-25)22-13-23-20(17)24-16-5-6-16/h1-4,13,16H,5-11H2,(H,22,23,24). The van der Waals surface area contributed by atoms with Crippen LogP contribution in [0.5, 0.6) is 0 Å². The minimum Gasteiger partial charge on any atom is -0.367 e. The van der Waals surface area contributed by atoms with Crippen molar-refractivity contribution < 1.29 is 4.79 Å². The molecule has 2 heterocycles. The Morgan fingerprint density at radius 2 is 1.96 bits per heavy atom. The first kappa shape index (κ1) is 16.5. The van der Waals surface area contributed by atoms with Gasteiger partial charge in [-0.2, -0.15) is 5.26 Å². The molecule has 132 valence electrons. The fourth-order valence-electron chi connectivity index (χ4n) is 3.30. The predicted octanol–water partition coefficient (Wildman–Crippen LogP) is 2.09. The smallest absolute Gasteiger partial charge is 0.227 e. The van der Waals surface area contributed by atoms with Gasteiger partial charge in [0.2, 0.25) is 5.91 Å². The summed E-state index contributed by atoms with van der Waals surface area (Å²) in [7, 11) is 0. The highest BCUT2D eigenvalue weighted by Crippen LogP contribution is 2.27. The molecular weight excluding hydrogens is 326 g/mol. The number of carbonyl (C=O) groups excluding carboxylic acids is 1. The van der Waals surface area contributed by atoms with Crippen molar-refractivity contribution in [3.8, 4) is 6.07 Å². The minimum absolute atomic E-state index is 0.118. The SMILES string of the molecule is N#Cc1ccc(CC(=O)N2CCc3ncnc(NC4CC4)c3CC2)cc1. The van der Waals surface area contributed by atoms with Crippen LogP contribution in [0.25, 0.3) is 0 Å². The quantitative estimate of drug-likeness (QED) is 0.916. The molecule has 2 aromatic rings. The molecular formula is C20H21N5O. The molecule has 1 N–H and O–H groups in total. The second-order valence-corrected chi connectivity index (χ2v) is 6.93. The molecule has 0 atom stereocenters. The maximum Gasteiger partial charge on any atom is 0.227 e. The first-order chi connectivity index (χ1) is 12.7. The lowest BCUT2D eigenvalue weighted by molar-refractivity contribution is -0.130. The van der Waals surface area contributed by atoms with Crippen LogP contribution >= 0.6 is 0 Å². The Hall–Kier alpha value is -2.94. The summed E-state index contributed by atoms with van der Waals surface area (Å²) >= 11 is 0. The van der Waals surface area contributed by atoms with E-state index >= 15 is 0 Å². The van der Waals surface area contributed by atoms with Crippen LogP contribution in [-0.2, 0) is 24.1 Å². The number of nitriles is 1. The van der Waals surface area contributed by atoms with E-state index in [1.807, 2.05) is 17.0 Å². The normalized spacial score (nSPS) is 16.3. The average molecular weight is 347 g/mol. The van der Waals surface area contributed by atoms with Crippen molar-refractivity contribution in [1.29, 1.82) is 5.26 Å². The number of benzene rings is 1. The molecule has 1 saturated carbocycles. The molecule has 0 radical (unpaired) electrons. The number of anilines is 1. The zero-order valence-corrected chi connectivity index (χ0v) is 14.6. The molecule has 4 rings (SSSR count). The second-order valence-electron chi connectivity index (χ2n) is 6.93. The molecule has 1 aromatic carbocycles. The van der Waals surface area contributed by atoms with Crippen molar-refractivity contribution in [2.45, 2.75) is 38.1 Å². The van der Waals surface area contributed by atoms with Crippen molar-refractivity contribution in [1.82, 2.24) is 14.9 Å². The summed E-state index contributed by atoms with van der Waals surface area (Å²) in [4.78, 5) is 23.5. The van der Waals surface area contributed by atoms with Crippen LogP contribution in [0.15, 0.2) is 30.6 Å². The lowest BCUT2D eigenvalue weighted by Gasteiger charge is -2.20. The summed E-state index contributed by atoms with van der Waals surface area (Å²) in [6.45, 7) is 1.37. The molecule has 1 aromatic heterocycles. The average Bonchev–Trinajstić information content (AvgIpc) is 3.49. The highest BCUT2D eigenvalue weighted by atomic mass is 16.2. The van der Waals surface area contributed by atoms with Gasteiger partial charge < -0.3 is 10.2 Å². The fourth-order valence-corrected chi connectivity index (χ4v) is 3.30. The molecule has 26 heavy (non-hydrogen) atoms. The van der Waals surface area contributed by atoms with Gasteiger partial charge in [0, 0.05) is 31.1 Å². The van der Waals surface area contributed by atoms with Crippen LogP contribution in [0.2, 0.25) is 0 Å². The fraction of sp³-hybridized carbons (Fsp3) is 0.400. The summed E-state index contributed by atoms with van der Waals surface area (Å²) in [6.07, 6.45) is 5.93. The summed E-state index contributed by atoms with van der Waals surface area (Å²) in [5.41, 5.74) is 3.76. The molecule has 1 aliphatic heterocycles. The van der Waals surface area contributed by atoms with Crippen molar-refractivity contribution in [2.75, 3.05) is 18.4 Å². The molecule has 1 amide bonds. The number of nitrogens with one attached hydrogen (secondary N) is 1. The minimum atomic E-state index is 0.118. The number of hydrogen-bond acceptors (Lipinski definition) is 5. The number of fused-ring (bicyclic) bond motifs is 1. The maximum absolute atomic E-state index is 12.7. The lowest BCUT2D eigenvalue weighted by Crippen LogP contribution is -2.34. The first-order valence-corrected chi connectivity index (χ1v) is 9.09. The van der Waals surface area contributed by atoms with E-state index in [-0.39, 0.29) is 5.91 Å². The van der Waals surface area contributed by atoms with Gasteiger partial charge in [0.05, 0.1) is 23.7 Å². The Labute approximate surface area is 152 Å². The molecule has 0 bridgehead atoms. The maximum atomic E-state index is 12.7. The predicted molar refractivity (Wildman–Crippen MR) is 97.5 cm³/mol. The van der Waals surface area contributed by atoms with Gasteiger partial charge in [-0.3, -0.25) is 4.79 Å². The molecule has 1 fully saturated rings. The Morgan fingerprint density at radius 1 is 1.19 bits per heavy atom. The van der Waals surface area contributed by atoms with E-state index in [2.05, 4.69) is 21.4 Å². The Kier molecular flexibility index (Phi) is 4.53. The lowest BCUT2D eigenvalue weighted by atomic mass is 10.1. The summed E-state index contributed by atoms with van der Waals surface area (Å²) < 4.78 is 0. The zero-order chi connectivity index (χ0) is 17.9. The van der Waals surface area contributed by atoms with Crippen molar-refractivity contribution in [3.63, 3.8) is 0 Å². The summed E-state index contributed by atoms with van der Waals surface area (Å²) in [5.74, 6) is 1.06. The number of amides is 1. The van der Waals surface area contributed by atoms with Crippen LogP contribution in [0.4, 0.5) is 5.82 Å². The summed E-state index contributed by atoms with van der Waals surface area (Å²) in [6, 6.07) is 9.86. The van der Waals surface area contributed by atoms with Gasteiger partial charge in [0.15, 0.2) is 0 Å². The Bertz CT molecular complexity index is 851. The number of nitrogens with zero attached hydrogens (tertiary/aromatic N) is 4. The van der Waals surface area contributed by atoms with E-state index in [4.69, 9.17) is 5.26 Å². The summed E-state index contributed by atoms with van der Waals surface area (Å²) in [5, 5.41) is 12.4. The van der Waals surface area contributed by atoms with Gasteiger partial charge in [-0.05, 0) is 37.0 Å². The van der Waals surface area contributed by atoms with Crippen LogP contribution in [0.3, 0.4) is 0 Å². The van der Waals surface area contributed by atoms with Crippen molar-refractivity contribution in [2.24, 2.45) is 0 Å². The molecule has 0 unspecified atom stereocenters. The monoisotopic (exact) mass is 347 g/mol. The highest BCUT2D eigenvalue weighted by molar-refractivity contribution is 5.79. The van der Waals surface area contributed by atoms with Gasteiger partial charge in [-0.1, -0.05) is 12.1 Å². The molecule has 0 spiro atoms. The largest absolute Gasteiger partial charge is 0.367 e. The Balaban J connectivity index is 1.43. The number of carbonyl (C=O) groups is 1. The topological polar surface area (TPSA) is 81.9 Å². The Morgan fingerprint density at radius 3 is 2.69 bits per heavy atom. The molecule has 6 heteroatoms. The van der Waals surface area contributed by atoms with E-state index in [9.17, 15) is 4.79 Å². The second kappa shape index (κ2) is 7.12. The van der Waals surface area contributed by atoms with Crippen LogP contribution in [-0.4, -0.2) is 39.9 Å². The van der Waals surface area contributed by atoms with Gasteiger partial charge in [0.1, 0.15) is 12.1 Å². The third-order valence-corrected chi connectivity index (χ3v) is 4.99. The van der Waals surface area contributed by atoms with Crippen molar-refractivity contribution in [3.05, 3.63) is 53.0 Å². The van der Waals surface area contributed by atoms with Crippen LogP contribution < -0.4 is 5.32 Å². The number of hydrogen-bond donors (Lipinski definition) is 1. The van der Waals surface area contributed by atoms with E-state index in [1.54, 1.807) is 18.5 Å². The van der Waals surface area contributed by atoms with Gasteiger partial charge in [-0.15, -0.1) is 0 Å². The van der Waals surface area contributed by atoms with E-state index in [1.165, 1.54) is 12.8 Å². The van der Waals surface area contributed by atoms with E-state index in [0.29, 0.717) is 31.1 Å². The third kappa shape index (κ3) is 3.67. The third-order valence-electron chi connectivity index (χ3n) is 4.99. The van der Waals surface area contributed by atoms with Crippen LogP contribution in [0.1, 0.15) is 35.2 Å². The molecule has 2 aliphatic rings. The molecule has 0 saturated heterocycles. The number of aromatic nitrogens is 2. The van der Waals surface area contributed by atoms with Gasteiger partial charge in [-0.25, -0.2) is 9.97 Å². The van der Waals surface area contributed by atoms with E-state index < -0.39 is 0 Å². The van der Waals surface area contributed by atoms with E-state index in [0.717, 1.165) is 35.5 Å². The van der Waals surface area contributed by atoms with Gasteiger partial charge in [0.25, 0.3) is 0 Å². The molecule has 1 aliphatic carbocycles. The zero-order valence-electron chi connectivity index (χ0n) is 14.6. The molecule has 6 nitrogen and oxygen atoms in total.